The molecule has 0 bridgehead atoms. The van der Waals surface area contributed by atoms with Crippen molar-refractivity contribution in [2.24, 2.45) is 0 Å². The van der Waals surface area contributed by atoms with Crippen LogP contribution in [0.4, 0.5) is 23.2 Å². The number of pyridine rings is 1. The van der Waals surface area contributed by atoms with E-state index in [9.17, 15) is 27.9 Å². The summed E-state index contributed by atoms with van der Waals surface area (Å²) >= 11 is 5.60. The molecule has 1 N–H and O–H groups in total. The number of ether oxygens (including phenoxy) is 1. The molecule has 7 nitrogen and oxygen atoms in total. The molecule has 3 aromatic rings. The van der Waals surface area contributed by atoms with Gasteiger partial charge in [0.1, 0.15) is 11.3 Å². The Balaban J connectivity index is 1.44. The second-order valence-electron chi connectivity index (χ2n) is 10.2. The van der Waals surface area contributed by atoms with Crippen molar-refractivity contribution in [3.8, 4) is 5.75 Å². The molecule has 1 aromatic heterocycles. The highest BCUT2D eigenvalue weighted by atomic mass is 32.1. The fourth-order valence-corrected chi connectivity index (χ4v) is 5.83. The summed E-state index contributed by atoms with van der Waals surface area (Å²) in [5, 5.41) is 9.48. The van der Waals surface area contributed by atoms with Crippen LogP contribution in [-0.4, -0.2) is 58.3 Å². The number of halogens is 4. The van der Waals surface area contributed by atoms with Crippen LogP contribution in [0, 0.1) is 5.82 Å². The number of carbonyl (C=O) groups is 1. The van der Waals surface area contributed by atoms with E-state index in [1.807, 2.05) is 11.8 Å². The number of carboxylic acid groups (broad SMARTS) is 1. The highest BCUT2D eigenvalue weighted by Crippen LogP contribution is 2.44. The minimum absolute atomic E-state index is 0.0163. The first kappa shape index (κ1) is 27.9. The van der Waals surface area contributed by atoms with Crippen molar-refractivity contribution in [1.29, 1.82) is 0 Å². The van der Waals surface area contributed by atoms with Gasteiger partial charge < -0.3 is 24.2 Å². The largest absolute Gasteiger partial charge is 0.492 e. The summed E-state index contributed by atoms with van der Waals surface area (Å²) < 4.78 is 62.4. The number of piperazine rings is 1. The highest BCUT2D eigenvalue weighted by molar-refractivity contribution is 7.80. The van der Waals surface area contributed by atoms with Gasteiger partial charge in [0.05, 0.1) is 28.6 Å². The third kappa shape index (κ3) is 5.12. The summed E-state index contributed by atoms with van der Waals surface area (Å²) in [6, 6.07) is 5.94. The zero-order valence-electron chi connectivity index (χ0n) is 21.8. The first-order valence-electron chi connectivity index (χ1n) is 12.8. The minimum Gasteiger partial charge on any atom is -0.492 e. The lowest BCUT2D eigenvalue weighted by Crippen LogP contribution is -2.54. The number of carboxylic acids is 1. The number of rotatable bonds is 6. The Bertz CT molecular complexity index is 1570. The van der Waals surface area contributed by atoms with Crippen molar-refractivity contribution < 1.29 is 32.2 Å². The van der Waals surface area contributed by atoms with Crippen molar-refractivity contribution in [2.45, 2.75) is 44.4 Å². The molecule has 212 valence electrons. The summed E-state index contributed by atoms with van der Waals surface area (Å²) in [6.07, 6.45) is -1.38. The molecule has 2 heterocycles. The number of hydrogen-bond donors (Lipinski definition) is 1. The summed E-state index contributed by atoms with van der Waals surface area (Å²) in [6.45, 7) is 2.97. The summed E-state index contributed by atoms with van der Waals surface area (Å²) in [7, 11) is 1.38. The van der Waals surface area contributed by atoms with E-state index in [-0.39, 0.29) is 35.3 Å². The predicted octanol–water partition coefficient (Wildman–Crippen LogP) is 5.28. The summed E-state index contributed by atoms with van der Waals surface area (Å²) in [5.41, 5.74) is -0.958. The topological polar surface area (TPSA) is 75.0 Å². The maximum atomic E-state index is 15.7. The quantitative estimate of drug-likeness (QED) is 0.316. The van der Waals surface area contributed by atoms with Gasteiger partial charge in [0, 0.05) is 44.3 Å². The minimum atomic E-state index is -4.45. The number of alkyl halides is 3. The molecular formula is C28H27F4N3O4S. The smallest absolute Gasteiger partial charge is 0.416 e. The number of thiocarbonyl (C=S) groups is 1. The highest BCUT2D eigenvalue weighted by Gasteiger charge is 2.34. The van der Waals surface area contributed by atoms with Crippen LogP contribution < -0.4 is 15.1 Å². The monoisotopic (exact) mass is 577 g/mol. The van der Waals surface area contributed by atoms with Crippen LogP contribution in [0.5, 0.6) is 5.75 Å². The van der Waals surface area contributed by atoms with Crippen molar-refractivity contribution in [3.63, 3.8) is 0 Å². The van der Waals surface area contributed by atoms with E-state index in [2.05, 4.69) is 0 Å². The Morgan fingerprint density at radius 3 is 2.52 bits per heavy atom. The lowest BCUT2D eigenvalue weighted by Gasteiger charge is -2.43. The Morgan fingerprint density at radius 1 is 1.20 bits per heavy atom. The van der Waals surface area contributed by atoms with Crippen LogP contribution in [-0.2, 0) is 12.6 Å². The molecule has 1 saturated heterocycles. The molecule has 2 fully saturated rings. The van der Waals surface area contributed by atoms with Gasteiger partial charge in [0.2, 0.25) is 5.43 Å². The molecule has 2 aliphatic rings. The second kappa shape index (κ2) is 10.4. The molecule has 40 heavy (non-hydrogen) atoms. The Hall–Kier alpha value is -3.67. The van der Waals surface area contributed by atoms with Gasteiger partial charge >= 0.3 is 12.1 Å². The number of methoxy groups -OCH3 is 1. The van der Waals surface area contributed by atoms with Gasteiger partial charge in [-0.3, -0.25) is 4.79 Å². The third-order valence-corrected chi connectivity index (χ3v) is 7.83. The lowest BCUT2D eigenvalue weighted by molar-refractivity contribution is -0.137. The molecule has 1 unspecified atom stereocenters. The predicted molar refractivity (Wildman–Crippen MR) is 146 cm³/mol. The van der Waals surface area contributed by atoms with Gasteiger partial charge in [-0.1, -0.05) is 30.4 Å². The Labute approximate surface area is 232 Å². The SMILES string of the molecule is COc1c(N2CCN(C(=S)Cc3cccc(C(F)(F)F)c3)C(C)C2)c(F)cc2c(=O)c(C(=O)O)cn(C3CC3)c12. The van der Waals surface area contributed by atoms with Crippen LogP contribution in [0.25, 0.3) is 10.9 Å². The number of anilines is 1. The van der Waals surface area contributed by atoms with E-state index < -0.39 is 34.5 Å². The number of aromatic carboxylic acids is 1. The van der Waals surface area contributed by atoms with Gasteiger partial charge in [0.25, 0.3) is 0 Å². The van der Waals surface area contributed by atoms with E-state index in [0.717, 1.165) is 31.0 Å². The van der Waals surface area contributed by atoms with Gasteiger partial charge in [0.15, 0.2) is 11.6 Å². The molecule has 12 heteroatoms. The van der Waals surface area contributed by atoms with Crippen LogP contribution in [0.15, 0.2) is 41.3 Å². The third-order valence-electron chi connectivity index (χ3n) is 7.45. The summed E-state index contributed by atoms with van der Waals surface area (Å²) in [5.74, 6) is -1.93. The normalized spacial score (nSPS) is 17.8. The Morgan fingerprint density at radius 2 is 1.93 bits per heavy atom. The molecule has 0 amide bonds. The van der Waals surface area contributed by atoms with E-state index in [1.165, 1.54) is 19.4 Å². The first-order valence-corrected chi connectivity index (χ1v) is 13.2. The van der Waals surface area contributed by atoms with E-state index >= 15 is 4.39 Å². The maximum absolute atomic E-state index is 15.7. The molecule has 0 spiro atoms. The van der Waals surface area contributed by atoms with E-state index in [1.54, 1.807) is 15.5 Å². The first-order chi connectivity index (χ1) is 18.9. The fourth-order valence-electron chi connectivity index (χ4n) is 5.39. The maximum Gasteiger partial charge on any atom is 0.416 e. The van der Waals surface area contributed by atoms with Crippen LogP contribution in [0.3, 0.4) is 0 Å². The van der Waals surface area contributed by atoms with Gasteiger partial charge in [-0.15, -0.1) is 0 Å². The zero-order valence-corrected chi connectivity index (χ0v) is 22.6. The molecule has 1 aliphatic carbocycles. The molecular weight excluding hydrogens is 550 g/mol. The molecule has 1 saturated carbocycles. The molecule has 2 aromatic carbocycles. The molecule has 1 atom stereocenters. The van der Waals surface area contributed by atoms with Crippen LogP contribution in [0.1, 0.15) is 47.3 Å². The van der Waals surface area contributed by atoms with Gasteiger partial charge in [-0.2, -0.15) is 13.2 Å². The van der Waals surface area contributed by atoms with Gasteiger partial charge in [-0.05, 0) is 37.5 Å². The number of nitrogens with zero attached hydrogens (tertiary/aromatic N) is 3. The molecule has 5 rings (SSSR count). The van der Waals surface area contributed by atoms with Gasteiger partial charge in [-0.25, -0.2) is 9.18 Å². The van der Waals surface area contributed by atoms with Crippen molar-refractivity contribution in [1.82, 2.24) is 9.47 Å². The number of fused-ring (bicyclic) bond motifs is 1. The standard InChI is InChI=1S/C28H27F4N3O4S/c1-15-13-33(8-9-34(15)22(40)11-16-4-3-5-17(10-16)28(30,31)32)24-21(29)12-19-23(26(24)39-2)35(18-6-7-18)14-20(25(19)36)27(37)38/h3-5,10,12,14-15,18H,6-9,11,13H2,1-2H3,(H,37,38). The lowest BCUT2D eigenvalue weighted by atomic mass is 10.0. The van der Waals surface area contributed by atoms with Crippen LogP contribution >= 0.6 is 12.2 Å². The second-order valence-corrected chi connectivity index (χ2v) is 10.7. The Kier molecular flexibility index (Phi) is 7.24. The number of benzene rings is 2. The number of aromatic nitrogens is 1. The zero-order chi connectivity index (χ0) is 28.9. The average Bonchev–Trinajstić information content (AvgIpc) is 3.73. The summed E-state index contributed by atoms with van der Waals surface area (Å²) in [4.78, 5) is 28.9. The molecule has 1 aliphatic heterocycles. The fraction of sp³-hybridized carbons (Fsp3) is 0.393. The van der Waals surface area contributed by atoms with Crippen molar-refractivity contribution in [3.05, 3.63) is 69.3 Å². The van der Waals surface area contributed by atoms with Crippen molar-refractivity contribution in [2.75, 3.05) is 31.6 Å². The average molecular weight is 578 g/mol. The molecule has 0 radical (unpaired) electrons. The van der Waals surface area contributed by atoms with Crippen molar-refractivity contribution >= 4 is 39.8 Å². The van der Waals surface area contributed by atoms with E-state index in [0.29, 0.717) is 35.7 Å². The van der Waals surface area contributed by atoms with E-state index in [4.69, 9.17) is 17.0 Å². The number of hydrogen-bond acceptors (Lipinski definition) is 5. The van der Waals surface area contributed by atoms with Crippen LogP contribution in [0.2, 0.25) is 0 Å².